The molecule has 0 radical (unpaired) electrons. The molecule has 2 aromatic rings. The minimum Gasteiger partial charge on any atom is -0.454 e. The molecule has 4 rings (SSSR count). The molecule has 0 bridgehead atoms. The molecule has 1 aromatic heterocycles. The van der Waals surface area contributed by atoms with Gasteiger partial charge in [-0.15, -0.1) is 0 Å². The fraction of sp³-hybridized carbons (Fsp3) is 0.476. The molecule has 1 amide bonds. The van der Waals surface area contributed by atoms with Gasteiger partial charge in [0.15, 0.2) is 11.5 Å². The number of aromatic amines is 1. The van der Waals surface area contributed by atoms with Crippen LogP contribution < -0.4 is 15.0 Å². The molecule has 28 heavy (non-hydrogen) atoms. The van der Waals surface area contributed by atoms with E-state index in [1.165, 1.54) is 11.6 Å². The van der Waals surface area contributed by atoms with Crippen LogP contribution >= 0.6 is 0 Å². The third-order valence-electron chi connectivity index (χ3n) is 5.47. The molecule has 0 saturated carbocycles. The fourth-order valence-corrected chi connectivity index (χ4v) is 4.09. The number of hydrogen-bond donors (Lipinski definition) is 1. The summed E-state index contributed by atoms with van der Waals surface area (Å²) in [5.74, 6) is 2.37. The van der Waals surface area contributed by atoms with Crippen LogP contribution in [0.15, 0.2) is 29.1 Å². The molecule has 2 aliphatic rings. The van der Waals surface area contributed by atoms with Crippen LogP contribution in [0.2, 0.25) is 0 Å². The number of likely N-dealkylation sites (tertiary alicyclic amines) is 1. The van der Waals surface area contributed by atoms with Crippen molar-refractivity contribution in [1.82, 2.24) is 14.9 Å². The molecule has 1 unspecified atom stereocenters. The number of aromatic nitrogens is 2. The number of nitrogens with one attached hydrogen (secondary N) is 1. The van der Waals surface area contributed by atoms with Crippen LogP contribution in [0.1, 0.15) is 36.8 Å². The number of ether oxygens (including phenoxy) is 2. The molecule has 1 N–H and O–H groups in total. The van der Waals surface area contributed by atoms with Crippen LogP contribution in [0.5, 0.6) is 11.5 Å². The van der Waals surface area contributed by atoms with Gasteiger partial charge in [-0.3, -0.25) is 9.59 Å². The monoisotopic (exact) mass is 383 g/mol. The Labute approximate surface area is 163 Å². The largest absolute Gasteiger partial charge is 0.454 e. The molecule has 0 aliphatic carbocycles. The predicted octanol–water partition coefficient (Wildman–Crippen LogP) is 2.22. The van der Waals surface area contributed by atoms with Gasteiger partial charge in [0, 0.05) is 37.7 Å². The lowest BCUT2D eigenvalue weighted by Crippen LogP contribution is -2.47. The van der Waals surface area contributed by atoms with Crippen molar-refractivity contribution in [3.63, 3.8) is 0 Å². The topological polar surface area (TPSA) is 84.5 Å². The van der Waals surface area contributed by atoms with E-state index in [9.17, 15) is 9.59 Å². The van der Waals surface area contributed by atoms with Gasteiger partial charge in [-0.2, -0.15) is 0 Å². The third-order valence-corrected chi connectivity index (χ3v) is 5.47. The lowest BCUT2D eigenvalue weighted by molar-refractivity contribution is -0.137. The van der Waals surface area contributed by atoms with Crippen molar-refractivity contribution < 1.29 is 14.3 Å². The number of benzene rings is 1. The lowest BCUT2D eigenvalue weighted by atomic mass is 9.76. The van der Waals surface area contributed by atoms with Crippen molar-refractivity contribution >= 4 is 5.91 Å². The first-order valence-electron chi connectivity index (χ1n) is 9.63. The van der Waals surface area contributed by atoms with Gasteiger partial charge in [0.2, 0.25) is 12.7 Å². The number of carbonyl (C=O) groups excluding carboxylic acids is 1. The maximum Gasteiger partial charge on any atom is 0.251 e. The van der Waals surface area contributed by atoms with E-state index in [2.05, 4.69) is 23.0 Å². The van der Waals surface area contributed by atoms with Gasteiger partial charge < -0.3 is 19.4 Å². The van der Waals surface area contributed by atoms with Gasteiger partial charge in [0.1, 0.15) is 5.82 Å². The summed E-state index contributed by atoms with van der Waals surface area (Å²) in [4.78, 5) is 33.1. The minimum atomic E-state index is -0.153. The Bertz CT molecular complexity index is 955. The molecule has 1 atom stereocenters. The highest BCUT2D eigenvalue weighted by atomic mass is 16.7. The van der Waals surface area contributed by atoms with Crippen molar-refractivity contribution in [2.24, 2.45) is 5.41 Å². The Kier molecular flexibility index (Phi) is 4.83. The average Bonchev–Trinajstić information content (AvgIpc) is 3.10. The molecule has 1 saturated heterocycles. The van der Waals surface area contributed by atoms with Gasteiger partial charge in [-0.25, -0.2) is 4.98 Å². The van der Waals surface area contributed by atoms with Crippen LogP contribution in [-0.4, -0.2) is 40.7 Å². The van der Waals surface area contributed by atoms with Gasteiger partial charge in [-0.05, 0) is 42.9 Å². The number of piperidine rings is 1. The van der Waals surface area contributed by atoms with E-state index in [4.69, 9.17) is 9.47 Å². The zero-order chi connectivity index (χ0) is 19.7. The van der Waals surface area contributed by atoms with Crippen LogP contribution in [0, 0.1) is 12.3 Å². The highest BCUT2D eigenvalue weighted by molar-refractivity contribution is 5.77. The Morgan fingerprint density at radius 3 is 2.86 bits per heavy atom. The quantitative estimate of drug-likeness (QED) is 0.856. The Balaban J connectivity index is 1.43. The number of H-pyrrole nitrogens is 1. The number of carbonyl (C=O) groups is 1. The maximum atomic E-state index is 12.4. The molecule has 1 aromatic carbocycles. The van der Waals surface area contributed by atoms with Crippen molar-refractivity contribution in [3.8, 4) is 11.5 Å². The first-order chi connectivity index (χ1) is 13.4. The van der Waals surface area contributed by atoms with E-state index >= 15 is 0 Å². The molecular formula is C21H25N3O4. The van der Waals surface area contributed by atoms with Crippen molar-refractivity contribution in [1.29, 1.82) is 0 Å². The molecular weight excluding hydrogens is 358 g/mol. The van der Waals surface area contributed by atoms with E-state index in [1.54, 1.807) is 6.92 Å². The molecule has 1 fully saturated rings. The summed E-state index contributed by atoms with van der Waals surface area (Å²) < 4.78 is 10.9. The van der Waals surface area contributed by atoms with Gasteiger partial charge in [0.25, 0.3) is 5.56 Å². The van der Waals surface area contributed by atoms with E-state index in [1.807, 2.05) is 17.0 Å². The second-order valence-corrected chi connectivity index (χ2v) is 8.07. The molecule has 148 valence electrons. The lowest BCUT2D eigenvalue weighted by Gasteiger charge is -2.40. The van der Waals surface area contributed by atoms with E-state index < -0.39 is 0 Å². The normalized spacial score (nSPS) is 21.2. The summed E-state index contributed by atoms with van der Waals surface area (Å²) in [5.41, 5.74) is 1.72. The smallest absolute Gasteiger partial charge is 0.251 e. The zero-order valence-corrected chi connectivity index (χ0v) is 16.3. The number of hydrogen-bond acceptors (Lipinski definition) is 5. The average molecular weight is 383 g/mol. The molecule has 0 spiro atoms. The standard InChI is InChI=1S/C21H25N3O4/c1-14-9-19(25)23-18(22-14)6-8-24-12-21(2,7-5-20(24)26)11-15-3-4-16-17(10-15)28-13-27-16/h3-4,9-10H,5-8,11-13H2,1-2H3,(H,22,23,25). The predicted molar refractivity (Wildman–Crippen MR) is 103 cm³/mol. The minimum absolute atomic E-state index is 0.00491. The number of fused-ring (bicyclic) bond motifs is 1. The fourth-order valence-electron chi connectivity index (χ4n) is 4.09. The second-order valence-electron chi connectivity index (χ2n) is 8.07. The van der Waals surface area contributed by atoms with Gasteiger partial charge in [0.05, 0.1) is 0 Å². The summed E-state index contributed by atoms with van der Waals surface area (Å²) in [5, 5.41) is 0. The van der Waals surface area contributed by atoms with Crippen molar-refractivity contribution in [2.45, 2.75) is 39.5 Å². The molecule has 3 heterocycles. The first kappa shape index (κ1) is 18.5. The molecule has 2 aliphatic heterocycles. The zero-order valence-electron chi connectivity index (χ0n) is 16.3. The Morgan fingerprint density at radius 2 is 2.04 bits per heavy atom. The van der Waals surface area contributed by atoms with E-state index in [0.29, 0.717) is 37.4 Å². The SMILES string of the molecule is Cc1cc(=O)[nH]c(CCN2CC(C)(Cc3ccc4c(c3)OCO4)CCC2=O)n1. The maximum absolute atomic E-state index is 12.4. The summed E-state index contributed by atoms with van der Waals surface area (Å²) in [6.07, 6.45) is 2.81. The Morgan fingerprint density at radius 1 is 1.21 bits per heavy atom. The number of aryl methyl sites for hydroxylation is 1. The highest BCUT2D eigenvalue weighted by Crippen LogP contribution is 2.37. The van der Waals surface area contributed by atoms with Crippen molar-refractivity contribution in [2.75, 3.05) is 19.9 Å². The third kappa shape index (κ3) is 4.03. The first-order valence-corrected chi connectivity index (χ1v) is 9.63. The van der Waals surface area contributed by atoms with E-state index in [-0.39, 0.29) is 23.7 Å². The van der Waals surface area contributed by atoms with Gasteiger partial charge >= 0.3 is 0 Å². The summed E-state index contributed by atoms with van der Waals surface area (Å²) in [6, 6.07) is 7.53. The van der Waals surface area contributed by atoms with Crippen LogP contribution in [0.25, 0.3) is 0 Å². The van der Waals surface area contributed by atoms with Crippen LogP contribution in [-0.2, 0) is 17.6 Å². The summed E-state index contributed by atoms with van der Waals surface area (Å²) >= 11 is 0. The molecule has 7 heteroatoms. The Hall–Kier alpha value is -2.83. The van der Waals surface area contributed by atoms with Crippen LogP contribution in [0.4, 0.5) is 0 Å². The van der Waals surface area contributed by atoms with Gasteiger partial charge in [-0.1, -0.05) is 13.0 Å². The summed E-state index contributed by atoms with van der Waals surface area (Å²) in [6.45, 7) is 5.54. The number of amides is 1. The summed E-state index contributed by atoms with van der Waals surface area (Å²) in [7, 11) is 0. The molecule has 7 nitrogen and oxygen atoms in total. The van der Waals surface area contributed by atoms with Crippen LogP contribution in [0.3, 0.4) is 0 Å². The van der Waals surface area contributed by atoms with Crippen molar-refractivity contribution in [3.05, 3.63) is 51.7 Å². The highest BCUT2D eigenvalue weighted by Gasteiger charge is 2.35. The number of rotatable bonds is 5. The van der Waals surface area contributed by atoms with E-state index in [0.717, 1.165) is 24.3 Å². The second kappa shape index (κ2) is 7.30. The number of nitrogens with zero attached hydrogens (tertiary/aromatic N) is 2.